The van der Waals surface area contributed by atoms with Crippen LogP contribution >= 0.6 is 0 Å². The number of hydrogen-bond donors (Lipinski definition) is 1. The molecule has 0 amide bonds. The SMILES string of the molecule is CC(C)CN(CCNc1cccc(F)c1)C1CC1. The molecule has 18 heavy (non-hydrogen) atoms. The van der Waals surface area contributed by atoms with Crippen LogP contribution in [-0.4, -0.2) is 30.6 Å². The van der Waals surface area contributed by atoms with Gasteiger partial charge in [-0.15, -0.1) is 0 Å². The molecule has 0 radical (unpaired) electrons. The highest BCUT2D eigenvalue weighted by molar-refractivity contribution is 5.42. The topological polar surface area (TPSA) is 15.3 Å². The Hall–Kier alpha value is -1.09. The van der Waals surface area contributed by atoms with Crippen molar-refractivity contribution in [2.24, 2.45) is 5.92 Å². The maximum atomic E-state index is 13.0. The van der Waals surface area contributed by atoms with Gasteiger partial charge in [0.25, 0.3) is 0 Å². The zero-order chi connectivity index (χ0) is 13.0. The molecule has 1 aliphatic rings. The zero-order valence-corrected chi connectivity index (χ0v) is 11.3. The van der Waals surface area contributed by atoms with Gasteiger partial charge in [-0.3, -0.25) is 4.90 Å². The minimum Gasteiger partial charge on any atom is -0.384 e. The lowest BCUT2D eigenvalue weighted by atomic mass is 10.2. The van der Waals surface area contributed by atoms with Gasteiger partial charge in [0.2, 0.25) is 0 Å². The van der Waals surface area contributed by atoms with Crippen LogP contribution in [0.5, 0.6) is 0 Å². The molecule has 1 aliphatic carbocycles. The zero-order valence-electron chi connectivity index (χ0n) is 11.3. The molecule has 0 saturated heterocycles. The van der Waals surface area contributed by atoms with Crippen molar-refractivity contribution in [3.8, 4) is 0 Å². The minimum absolute atomic E-state index is 0.179. The molecule has 1 saturated carbocycles. The summed E-state index contributed by atoms with van der Waals surface area (Å²) in [4.78, 5) is 2.55. The molecule has 2 nitrogen and oxygen atoms in total. The Morgan fingerprint density at radius 2 is 2.17 bits per heavy atom. The lowest BCUT2D eigenvalue weighted by molar-refractivity contribution is 0.243. The molecule has 3 heteroatoms. The first-order valence-electron chi connectivity index (χ1n) is 6.88. The third kappa shape index (κ3) is 4.30. The van der Waals surface area contributed by atoms with Crippen molar-refractivity contribution in [3.63, 3.8) is 0 Å². The van der Waals surface area contributed by atoms with Crippen LogP contribution in [0, 0.1) is 11.7 Å². The fourth-order valence-corrected chi connectivity index (χ4v) is 2.27. The van der Waals surface area contributed by atoms with Crippen LogP contribution in [0.15, 0.2) is 24.3 Å². The Kier molecular flexibility index (Phi) is 4.59. The summed E-state index contributed by atoms with van der Waals surface area (Å²) in [5.74, 6) is 0.529. The summed E-state index contributed by atoms with van der Waals surface area (Å²) in [7, 11) is 0. The van der Waals surface area contributed by atoms with E-state index in [0.717, 1.165) is 31.4 Å². The van der Waals surface area contributed by atoms with Gasteiger partial charge < -0.3 is 5.32 Å². The van der Waals surface area contributed by atoms with E-state index in [1.165, 1.54) is 18.9 Å². The van der Waals surface area contributed by atoms with Crippen molar-refractivity contribution in [2.45, 2.75) is 32.7 Å². The van der Waals surface area contributed by atoms with Crippen LogP contribution in [0.25, 0.3) is 0 Å². The number of nitrogens with zero attached hydrogens (tertiary/aromatic N) is 1. The normalized spacial score (nSPS) is 15.4. The van der Waals surface area contributed by atoms with E-state index in [4.69, 9.17) is 0 Å². The van der Waals surface area contributed by atoms with Crippen molar-refractivity contribution in [1.29, 1.82) is 0 Å². The van der Waals surface area contributed by atoms with Gasteiger partial charge in [0.1, 0.15) is 5.82 Å². The van der Waals surface area contributed by atoms with Gasteiger partial charge >= 0.3 is 0 Å². The molecule has 1 aromatic rings. The largest absolute Gasteiger partial charge is 0.384 e. The van der Waals surface area contributed by atoms with Gasteiger partial charge in [-0.2, -0.15) is 0 Å². The number of benzene rings is 1. The van der Waals surface area contributed by atoms with Crippen LogP contribution in [-0.2, 0) is 0 Å². The summed E-state index contributed by atoms with van der Waals surface area (Å²) in [6, 6.07) is 7.46. The lowest BCUT2D eigenvalue weighted by Gasteiger charge is -2.24. The fourth-order valence-electron chi connectivity index (χ4n) is 2.27. The molecule has 0 unspecified atom stereocenters. The smallest absolute Gasteiger partial charge is 0.125 e. The van der Waals surface area contributed by atoms with E-state index < -0.39 is 0 Å². The number of halogens is 1. The number of hydrogen-bond acceptors (Lipinski definition) is 2. The molecule has 0 aliphatic heterocycles. The monoisotopic (exact) mass is 250 g/mol. The quantitative estimate of drug-likeness (QED) is 0.798. The molecule has 1 fully saturated rings. The molecule has 0 aromatic heterocycles. The number of nitrogens with one attached hydrogen (secondary N) is 1. The summed E-state index contributed by atoms with van der Waals surface area (Å²) in [6.07, 6.45) is 2.68. The van der Waals surface area contributed by atoms with Crippen LogP contribution in [0.2, 0.25) is 0 Å². The van der Waals surface area contributed by atoms with E-state index in [9.17, 15) is 4.39 Å². The third-order valence-electron chi connectivity index (χ3n) is 3.22. The number of rotatable bonds is 7. The van der Waals surface area contributed by atoms with E-state index in [-0.39, 0.29) is 5.82 Å². The summed E-state index contributed by atoms with van der Waals surface area (Å²) < 4.78 is 13.0. The van der Waals surface area contributed by atoms with Gasteiger partial charge in [-0.1, -0.05) is 19.9 Å². The Morgan fingerprint density at radius 3 is 2.78 bits per heavy atom. The van der Waals surface area contributed by atoms with Crippen LogP contribution < -0.4 is 5.32 Å². The Morgan fingerprint density at radius 1 is 1.39 bits per heavy atom. The molecule has 0 spiro atoms. The van der Waals surface area contributed by atoms with Crippen LogP contribution in [0.4, 0.5) is 10.1 Å². The van der Waals surface area contributed by atoms with E-state index in [2.05, 4.69) is 24.1 Å². The highest BCUT2D eigenvalue weighted by Crippen LogP contribution is 2.27. The maximum Gasteiger partial charge on any atom is 0.125 e. The van der Waals surface area contributed by atoms with E-state index in [1.54, 1.807) is 12.1 Å². The number of anilines is 1. The van der Waals surface area contributed by atoms with Crippen LogP contribution in [0.3, 0.4) is 0 Å². The molecular weight excluding hydrogens is 227 g/mol. The van der Waals surface area contributed by atoms with Crippen molar-refractivity contribution in [2.75, 3.05) is 25.0 Å². The Bertz CT molecular complexity index is 375. The minimum atomic E-state index is -0.179. The van der Waals surface area contributed by atoms with Crippen molar-refractivity contribution in [3.05, 3.63) is 30.1 Å². The predicted octanol–water partition coefficient (Wildman–Crippen LogP) is 3.36. The van der Waals surface area contributed by atoms with Gasteiger partial charge in [0.15, 0.2) is 0 Å². The second-order valence-corrected chi connectivity index (χ2v) is 5.56. The first kappa shape index (κ1) is 13.3. The molecule has 0 bridgehead atoms. The van der Waals surface area contributed by atoms with Gasteiger partial charge in [0, 0.05) is 31.4 Å². The first-order valence-corrected chi connectivity index (χ1v) is 6.88. The summed E-state index contributed by atoms with van der Waals surface area (Å²) in [6.45, 7) is 7.60. The van der Waals surface area contributed by atoms with E-state index in [0.29, 0.717) is 5.92 Å². The van der Waals surface area contributed by atoms with Crippen molar-refractivity contribution in [1.82, 2.24) is 4.90 Å². The maximum absolute atomic E-state index is 13.0. The Balaban J connectivity index is 1.76. The summed E-state index contributed by atoms with van der Waals surface area (Å²) in [5, 5.41) is 3.29. The van der Waals surface area contributed by atoms with Crippen LogP contribution in [0.1, 0.15) is 26.7 Å². The average molecular weight is 250 g/mol. The molecule has 1 aromatic carbocycles. The highest BCUT2D eigenvalue weighted by Gasteiger charge is 2.28. The van der Waals surface area contributed by atoms with E-state index in [1.807, 2.05) is 6.07 Å². The standard InChI is InChI=1S/C15H23FN2/c1-12(2)11-18(15-6-7-15)9-8-17-14-5-3-4-13(16)10-14/h3-5,10,12,15,17H,6-9,11H2,1-2H3. The third-order valence-corrected chi connectivity index (χ3v) is 3.22. The second kappa shape index (κ2) is 6.19. The lowest BCUT2D eigenvalue weighted by Crippen LogP contribution is -2.34. The van der Waals surface area contributed by atoms with Gasteiger partial charge in [-0.25, -0.2) is 4.39 Å². The molecule has 0 heterocycles. The first-order chi connectivity index (χ1) is 8.65. The van der Waals surface area contributed by atoms with Gasteiger partial charge in [0.05, 0.1) is 0 Å². The summed E-state index contributed by atoms with van der Waals surface area (Å²) >= 11 is 0. The molecular formula is C15H23FN2. The fraction of sp³-hybridized carbons (Fsp3) is 0.600. The van der Waals surface area contributed by atoms with E-state index >= 15 is 0 Å². The Labute approximate surface area is 109 Å². The molecule has 0 atom stereocenters. The molecule has 100 valence electrons. The highest BCUT2D eigenvalue weighted by atomic mass is 19.1. The molecule has 2 rings (SSSR count). The van der Waals surface area contributed by atoms with Crippen molar-refractivity contribution >= 4 is 5.69 Å². The summed E-state index contributed by atoms with van der Waals surface area (Å²) in [5.41, 5.74) is 0.871. The van der Waals surface area contributed by atoms with Gasteiger partial charge in [-0.05, 0) is 37.0 Å². The second-order valence-electron chi connectivity index (χ2n) is 5.56. The predicted molar refractivity (Wildman–Crippen MR) is 74.3 cm³/mol. The van der Waals surface area contributed by atoms with Crippen molar-refractivity contribution < 1.29 is 4.39 Å². The average Bonchev–Trinajstić information content (AvgIpc) is 3.11. The molecule has 1 N–H and O–H groups in total.